The maximum atomic E-state index is 9.39. The monoisotopic (exact) mass is 374 g/mol. The summed E-state index contributed by atoms with van der Waals surface area (Å²) in [5.41, 5.74) is 1.99. The van der Waals surface area contributed by atoms with Gasteiger partial charge in [0, 0.05) is 13.0 Å². The first kappa shape index (κ1) is 29.7. The van der Waals surface area contributed by atoms with Gasteiger partial charge in [0.05, 0.1) is 0 Å². The molecule has 0 bridgehead atoms. The summed E-state index contributed by atoms with van der Waals surface area (Å²) in [7, 11) is 0. The number of allylic oxidation sites excluding steroid dienone is 9. The van der Waals surface area contributed by atoms with Crippen LogP contribution in [0, 0.1) is 0 Å². The van der Waals surface area contributed by atoms with Crippen molar-refractivity contribution in [3.05, 3.63) is 84.7 Å². The van der Waals surface area contributed by atoms with Crippen molar-refractivity contribution in [1.82, 2.24) is 0 Å². The minimum atomic E-state index is -0.225. The summed E-state index contributed by atoms with van der Waals surface area (Å²) in [6.45, 7) is 21.5. The first-order chi connectivity index (χ1) is 13.1. The lowest BCUT2D eigenvalue weighted by atomic mass is 10.0. The molecule has 1 N–H and O–H groups in total. The van der Waals surface area contributed by atoms with Crippen molar-refractivity contribution < 1.29 is 9.84 Å². The summed E-state index contributed by atoms with van der Waals surface area (Å²) in [5.74, 6) is 0.730. The van der Waals surface area contributed by atoms with Gasteiger partial charge in [-0.1, -0.05) is 96.4 Å². The summed E-state index contributed by atoms with van der Waals surface area (Å²) in [6.07, 6.45) is 18.5. The summed E-state index contributed by atoms with van der Waals surface area (Å²) in [6, 6.07) is 0. The van der Waals surface area contributed by atoms with Gasteiger partial charge in [-0.2, -0.15) is 0 Å². The van der Waals surface area contributed by atoms with Gasteiger partial charge in [0.2, 0.25) is 0 Å². The molecule has 0 aliphatic rings. The fourth-order valence-electron chi connectivity index (χ4n) is 1.97. The van der Waals surface area contributed by atoms with Gasteiger partial charge in [-0.25, -0.2) is 0 Å². The van der Waals surface area contributed by atoms with E-state index in [0.29, 0.717) is 6.42 Å². The van der Waals surface area contributed by atoms with Crippen LogP contribution in [0.5, 0.6) is 0 Å². The van der Waals surface area contributed by atoms with Crippen LogP contribution in [-0.4, -0.2) is 17.8 Å². The van der Waals surface area contributed by atoms with E-state index in [9.17, 15) is 5.11 Å². The van der Waals surface area contributed by atoms with Crippen LogP contribution in [0.3, 0.4) is 0 Å². The smallest absolute Gasteiger partial charge is 0.126 e. The molecule has 0 heterocycles. The third kappa shape index (κ3) is 15.9. The second-order valence-electron chi connectivity index (χ2n) is 4.97. The van der Waals surface area contributed by atoms with Crippen LogP contribution in [0.15, 0.2) is 84.7 Å². The van der Waals surface area contributed by atoms with E-state index >= 15 is 0 Å². The average Bonchev–Trinajstić information content (AvgIpc) is 2.70. The number of ether oxygens (including phenoxy) is 1. The Balaban J connectivity index is -0.00000134. The number of rotatable bonds is 11. The van der Waals surface area contributed by atoms with Gasteiger partial charge in [-0.3, -0.25) is 0 Å². The number of aliphatic hydroxyl groups is 1. The normalized spacial score (nSPS) is 13.4. The SMILES string of the molecule is C=C/C=C(C)\C(=C/C=C)OC(CCO)C(/C=C\C)=C/C=C\CC.CC.CC. The Kier molecular flexibility index (Phi) is 26.3. The zero-order valence-electron chi connectivity index (χ0n) is 18.7. The van der Waals surface area contributed by atoms with Gasteiger partial charge in [-0.15, -0.1) is 0 Å². The summed E-state index contributed by atoms with van der Waals surface area (Å²) >= 11 is 0. The summed E-state index contributed by atoms with van der Waals surface area (Å²) < 4.78 is 6.15. The average molecular weight is 375 g/mol. The molecule has 0 aliphatic heterocycles. The first-order valence-corrected chi connectivity index (χ1v) is 10.0. The quantitative estimate of drug-likeness (QED) is 0.300. The molecule has 27 heavy (non-hydrogen) atoms. The minimum Gasteiger partial charge on any atom is -0.485 e. The van der Waals surface area contributed by atoms with Gasteiger partial charge in [0.1, 0.15) is 11.9 Å². The van der Waals surface area contributed by atoms with E-state index in [2.05, 4.69) is 26.2 Å². The molecular weight excluding hydrogens is 332 g/mol. The molecule has 0 fully saturated rings. The van der Waals surface area contributed by atoms with Crippen LogP contribution in [0.25, 0.3) is 0 Å². The Morgan fingerprint density at radius 2 is 1.63 bits per heavy atom. The van der Waals surface area contributed by atoms with Gasteiger partial charge >= 0.3 is 0 Å². The Morgan fingerprint density at radius 3 is 2.07 bits per heavy atom. The van der Waals surface area contributed by atoms with E-state index in [1.54, 1.807) is 12.2 Å². The zero-order valence-corrected chi connectivity index (χ0v) is 18.7. The molecule has 0 rings (SSSR count). The molecule has 0 aromatic heterocycles. The van der Waals surface area contributed by atoms with E-state index in [1.807, 2.05) is 78.0 Å². The van der Waals surface area contributed by atoms with Crippen molar-refractivity contribution in [2.75, 3.05) is 6.61 Å². The van der Waals surface area contributed by atoms with Gasteiger partial charge in [0.25, 0.3) is 0 Å². The highest BCUT2D eigenvalue weighted by molar-refractivity contribution is 5.33. The van der Waals surface area contributed by atoms with E-state index in [-0.39, 0.29) is 12.7 Å². The van der Waals surface area contributed by atoms with Crippen molar-refractivity contribution >= 4 is 0 Å². The predicted octanol–water partition coefficient (Wildman–Crippen LogP) is 7.48. The molecule has 0 aliphatic carbocycles. The van der Waals surface area contributed by atoms with Crippen molar-refractivity contribution in [3.8, 4) is 0 Å². The second-order valence-corrected chi connectivity index (χ2v) is 4.97. The van der Waals surface area contributed by atoms with E-state index < -0.39 is 0 Å². The van der Waals surface area contributed by atoms with Crippen LogP contribution < -0.4 is 0 Å². The van der Waals surface area contributed by atoms with Gasteiger partial charge in [-0.05, 0) is 37.5 Å². The molecule has 1 atom stereocenters. The maximum Gasteiger partial charge on any atom is 0.126 e. The highest BCUT2D eigenvalue weighted by Gasteiger charge is 2.15. The standard InChI is InChI=1S/C21H30O2.2C2H6/c1-6-10-11-15-19(13-8-3)21(16-17-22)23-20(14-9-4)18(5)12-7-2;2*1-2/h7-15,21-22H,2,4,6,16-17H2,1,3,5H3;2*1-2H3/b11-10-,13-8-,18-12-,19-15+,20-14+;;. The highest BCUT2D eigenvalue weighted by atomic mass is 16.5. The second kappa shape index (κ2) is 23.9. The molecule has 0 radical (unpaired) electrons. The highest BCUT2D eigenvalue weighted by Crippen LogP contribution is 2.21. The van der Waals surface area contributed by atoms with Crippen molar-refractivity contribution in [1.29, 1.82) is 0 Å². The van der Waals surface area contributed by atoms with E-state index in [1.165, 1.54) is 0 Å². The van der Waals surface area contributed by atoms with Crippen LogP contribution >= 0.6 is 0 Å². The number of hydrogen-bond acceptors (Lipinski definition) is 2. The fraction of sp³-hybridized carbons (Fsp3) is 0.440. The van der Waals surface area contributed by atoms with Crippen molar-refractivity contribution in [2.24, 2.45) is 0 Å². The summed E-state index contributed by atoms with van der Waals surface area (Å²) in [5, 5.41) is 9.39. The van der Waals surface area contributed by atoms with Crippen LogP contribution in [-0.2, 0) is 4.74 Å². The van der Waals surface area contributed by atoms with Crippen LogP contribution in [0.1, 0.15) is 61.3 Å². The molecule has 0 amide bonds. The third-order valence-corrected chi connectivity index (χ3v) is 3.08. The molecule has 0 saturated carbocycles. The zero-order chi connectivity index (χ0) is 21.5. The largest absolute Gasteiger partial charge is 0.485 e. The lowest BCUT2D eigenvalue weighted by Crippen LogP contribution is -2.17. The predicted molar refractivity (Wildman–Crippen MR) is 124 cm³/mol. The van der Waals surface area contributed by atoms with Crippen LogP contribution in [0.2, 0.25) is 0 Å². The topological polar surface area (TPSA) is 29.5 Å². The molecule has 0 aromatic carbocycles. The molecule has 0 saturated heterocycles. The molecule has 2 nitrogen and oxygen atoms in total. The number of hydrogen-bond donors (Lipinski definition) is 1. The van der Waals surface area contributed by atoms with Gasteiger partial charge < -0.3 is 9.84 Å². The molecular formula is C25H42O2. The Morgan fingerprint density at radius 1 is 1.04 bits per heavy atom. The van der Waals surface area contributed by atoms with Gasteiger partial charge in [0.15, 0.2) is 0 Å². The molecule has 1 unspecified atom stereocenters. The van der Waals surface area contributed by atoms with Crippen molar-refractivity contribution in [3.63, 3.8) is 0 Å². The first-order valence-electron chi connectivity index (χ1n) is 10.0. The lowest BCUT2D eigenvalue weighted by Gasteiger charge is -2.22. The lowest BCUT2D eigenvalue weighted by molar-refractivity contribution is 0.122. The minimum absolute atomic E-state index is 0.0582. The Hall–Kier alpha value is -2.06. The molecule has 0 spiro atoms. The maximum absolute atomic E-state index is 9.39. The molecule has 2 heteroatoms. The van der Waals surface area contributed by atoms with E-state index in [0.717, 1.165) is 23.3 Å². The fourth-order valence-corrected chi connectivity index (χ4v) is 1.97. The Bertz CT molecular complexity index is 502. The van der Waals surface area contributed by atoms with E-state index in [4.69, 9.17) is 4.74 Å². The van der Waals surface area contributed by atoms with Crippen molar-refractivity contribution in [2.45, 2.75) is 67.4 Å². The molecule has 0 aromatic rings. The Labute approximate surface area is 169 Å². The van der Waals surface area contributed by atoms with Crippen LogP contribution in [0.4, 0.5) is 0 Å². The number of aliphatic hydroxyl groups excluding tert-OH is 1. The summed E-state index contributed by atoms with van der Waals surface area (Å²) in [4.78, 5) is 0. The molecule has 154 valence electrons. The third-order valence-electron chi connectivity index (χ3n) is 3.08.